The molecule has 1 aliphatic rings. The molecule has 242 valence electrons. The Morgan fingerprint density at radius 1 is 1.13 bits per heavy atom. The first-order valence-electron chi connectivity index (χ1n) is 14.1. The monoisotopic (exact) mass is 633 g/mol. The number of ether oxygens (including phenoxy) is 1. The lowest BCUT2D eigenvalue weighted by molar-refractivity contribution is -0.137. The van der Waals surface area contributed by atoms with Gasteiger partial charge in [0, 0.05) is 11.6 Å². The van der Waals surface area contributed by atoms with E-state index < -0.39 is 70.3 Å². The third kappa shape index (κ3) is 6.88. The molecule has 4 rings (SSSR count). The highest BCUT2D eigenvalue weighted by molar-refractivity contribution is 5.98. The Balaban J connectivity index is 1.57. The SMILES string of the molecule is COC(=O)Nc1c(C)nc(C(C)(C)C)n(CC(=O)N[C@@H](C(=O)c2nnc(C3(c4ccc(C(F)(F)F)cn4)CC3)o2)C(C)C)c1=O. The van der Waals surface area contributed by atoms with Gasteiger partial charge in [0.25, 0.3) is 11.4 Å². The summed E-state index contributed by atoms with van der Waals surface area (Å²) in [7, 11) is 1.14. The largest absolute Gasteiger partial charge is 0.453 e. The lowest BCUT2D eigenvalue weighted by Crippen LogP contribution is -2.47. The van der Waals surface area contributed by atoms with Crippen LogP contribution in [-0.2, 0) is 33.1 Å². The van der Waals surface area contributed by atoms with Crippen molar-refractivity contribution < 1.29 is 36.7 Å². The molecule has 16 heteroatoms. The zero-order chi connectivity index (χ0) is 33.5. The molecule has 1 aliphatic carbocycles. The molecule has 0 spiro atoms. The summed E-state index contributed by atoms with van der Waals surface area (Å²) in [5.74, 6) is -1.92. The van der Waals surface area contributed by atoms with Gasteiger partial charge >= 0.3 is 12.3 Å². The summed E-state index contributed by atoms with van der Waals surface area (Å²) in [5.41, 5.74) is -2.79. The minimum Gasteiger partial charge on any atom is -0.453 e. The van der Waals surface area contributed by atoms with Gasteiger partial charge < -0.3 is 14.5 Å². The summed E-state index contributed by atoms with van der Waals surface area (Å²) in [6.45, 7) is 9.80. The van der Waals surface area contributed by atoms with E-state index in [1.807, 2.05) is 0 Å². The Labute approximate surface area is 256 Å². The van der Waals surface area contributed by atoms with Crippen molar-refractivity contribution in [1.29, 1.82) is 0 Å². The predicted molar refractivity (Wildman–Crippen MR) is 153 cm³/mol. The first kappa shape index (κ1) is 33.3. The molecule has 0 aliphatic heterocycles. The minimum atomic E-state index is -4.54. The zero-order valence-electron chi connectivity index (χ0n) is 25.8. The number of carbonyl (C=O) groups is 3. The number of pyridine rings is 1. The topological polar surface area (TPSA) is 171 Å². The molecule has 0 aromatic carbocycles. The fourth-order valence-corrected chi connectivity index (χ4v) is 4.77. The molecule has 0 radical (unpaired) electrons. The number of methoxy groups -OCH3 is 1. The van der Waals surface area contributed by atoms with Crippen molar-refractivity contribution >= 4 is 23.5 Å². The predicted octanol–water partition coefficient (Wildman–Crippen LogP) is 3.93. The first-order chi connectivity index (χ1) is 20.9. The molecule has 0 bridgehead atoms. The average Bonchev–Trinajstić information content (AvgIpc) is 3.62. The number of Topliss-reactive ketones (excluding diaryl/α,β-unsaturated/α-hetero) is 1. The lowest BCUT2D eigenvalue weighted by atomic mass is 9.95. The van der Waals surface area contributed by atoms with Crippen molar-refractivity contribution in [3.8, 4) is 0 Å². The highest BCUT2D eigenvalue weighted by atomic mass is 19.4. The summed E-state index contributed by atoms with van der Waals surface area (Å²) in [5, 5.41) is 12.8. The number of aryl methyl sites for hydroxylation is 1. The van der Waals surface area contributed by atoms with Crippen molar-refractivity contribution in [3.05, 3.63) is 63.2 Å². The number of hydrogen-bond donors (Lipinski definition) is 2. The van der Waals surface area contributed by atoms with Gasteiger partial charge in [0.2, 0.25) is 17.6 Å². The highest BCUT2D eigenvalue weighted by Crippen LogP contribution is 2.52. The van der Waals surface area contributed by atoms with Crippen LogP contribution in [0.5, 0.6) is 0 Å². The number of anilines is 1. The summed E-state index contributed by atoms with van der Waals surface area (Å²) in [6.07, 6.45) is -3.73. The van der Waals surface area contributed by atoms with Crippen LogP contribution in [-0.4, -0.2) is 55.7 Å². The molecule has 1 atom stereocenters. The maximum absolute atomic E-state index is 13.5. The normalized spacial score (nSPS) is 15.0. The second-order valence-corrected chi connectivity index (χ2v) is 12.2. The summed E-state index contributed by atoms with van der Waals surface area (Å²) < 4.78 is 50.4. The van der Waals surface area contributed by atoms with E-state index in [0.29, 0.717) is 18.5 Å². The van der Waals surface area contributed by atoms with E-state index in [0.717, 1.165) is 23.9 Å². The molecule has 3 aromatic heterocycles. The molecule has 0 saturated heterocycles. The van der Waals surface area contributed by atoms with E-state index in [1.54, 1.807) is 34.6 Å². The third-order valence-electron chi connectivity index (χ3n) is 7.38. The Morgan fingerprint density at radius 2 is 1.80 bits per heavy atom. The number of halogens is 3. The van der Waals surface area contributed by atoms with E-state index in [2.05, 4.69) is 35.5 Å². The van der Waals surface area contributed by atoms with Crippen LogP contribution in [0.25, 0.3) is 0 Å². The molecule has 3 heterocycles. The molecular weight excluding hydrogens is 599 g/mol. The van der Waals surface area contributed by atoms with Gasteiger partial charge in [0.1, 0.15) is 18.1 Å². The molecule has 2 amide bonds. The van der Waals surface area contributed by atoms with Crippen molar-refractivity contribution in [2.75, 3.05) is 12.4 Å². The van der Waals surface area contributed by atoms with Crippen molar-refractivity contribution in [3.63, 3.8) is 0 Å². The third-order valence-corrected chi connectivity index (χ3v) is 7.38. The van der Waals surface area contributed by atoms with Crippen LogP contribution in [0, 0.1) is 12.8 Å². The standard InChI is InChI=1S/C29H34F3N7O6/c1-14(2)19(35-18(40)13-39-23(42)20(36-26(43)44-7)15(3)34-24(39)27(4,5)6)21(41)22-37-38-25(45-22)28(10-11-28)17-9-8-16(12-33-17)29(30,31)32/h8-9,12,14,19H,10-11,13H2,1-7H3,(H,35,40)(H,36,43)/t19-/m1/s1. The number of ketones is 1. The number of carbonyl (C=O) groups excluding carboxylic acids is 3. The highest BCUT2D eigenvalue weighted by Gasteiger charge is 2.52. The van der Waals surface area contributed by atoms with Crippen LogP contribution in [0.2, 0.25) is 0 Å². The van der Waals surface area contributed by atoms with E-state index in [1.165, 1.54) is 13.0 Å². The quantitative estimate of drug-likeness (QED) is 0.329. The lowest BCUT2D eigenvalue weighted by Gasteiger charge is -2.25. The van der Waals surface area contributed by atoms with Crippen LogP contribution >= 0.6 is 0 Å². The number of aromatic nitrogens is 5. The van der Waals surface area contributed by atoms with Gasteiger partial charge in [-0.3, -0.25) is 29.3 Å². The van der Waals surface area contributed by atoms with E-state index in [-0.39, 0.29) is 23.1 Å². The fourth-order valence-electron chi connectivity index (χ4n) is 4.77. The number of nitrogens with zero attached hydrogens (tertiary/aromatic N) is 5. The van der Waals surface area contributed by atoms with Gasteiger partial charge in [-0.2, -0.15) is 13.2 Å². The van der Waals surface area contributed by atoms with Gasteiger partial charge in [0.15, 0.2) is 0 Å². The van der Waals surface area contributed by atoms with Crippen molar-refractivity contribution in [1.82, 2.24) is 30.0 Å². The fraction of sp³-hybridized carbons (Fsp3) is 0.517. The first-order valence-corrected chi connectivity index (χ1v) is 14.1. The average molecular weight is 634 g/mol. The summed E-state index contributed by atoms with van der Waals surface area (Å²) >= 11 is 0. The molecule has 1 saturated carbocycles. The zero-order valence-corrected chi connectivity index (χ0v) is 25.8. The van der Waals surface area contributed by atoms with Crippen LogP contribution in [0.4, 0.5) is 23.7 Å². The van der Waals surface area contributed by atoms with Crippen LogP contribution < -0.4 is 16.2 Å². The van der Waals surface area contributed by atoms with Gasteiger partial charge in [-0.05, 0) is 37.8 Å². The Hall–Kier alpha value is -4.63. The van der Waals surface area contributed by atoms with Gasteiger partial charge in [-0.15, -0.1) is 10.2 Å². The van der Waals surface area contributed by atoms with E-state index in [4.69, 9.17) is 4.42 Å². The number of rotatable bonds is 9. The molecule has 2 N–H and O–H groups in total. The van der Waals surface area contributed by atoms with Gasteiger partial charge in [-0.25, -0.2) is 9.78 Å². The molecule has 45 heavy (non-hydrogen) atoms. The molecule has 13 nitrogen and oxygen atoms in total. The Morgan fingerprint density at radius 3 is 2.31 bits per heavy atom. The van der Waals surface area contributed by atoms with Crippen molar-refractivity contribution in [2.24, 2.45) is 5.92 Å². The molecule has 0 unspecified atom stereocenters. The Bertz CT molecular complexity index is 1670. The van der Waals surface area contributed by atoms with Crippen LogP contribution in [0.15, 0.2) is 27.5 Å². The number of amides is 2. The minimum absolute atomic E-state index is 0.0321. The maximum atomic E-state index is 13.5. The summed E-state index contributed by atoms with van der Waals surface area (Å²) in [6, 6.07) is 1.03. The van der Waals surface area contributed by atoms with Crippen LogP contribution in [0.3, 0.4) is 0 Å². The number of nitrogens with one attached hydrogen (secondary N) is 2. The molecular formula is C29H34F3N7O6. The van der Waals surface area contributed by atoms with Gasteiger partial charge in [0.05, 0.1) is 35.5 Å². The molecule has 3 aromatic rings. The smallest absolute Gasteiger partial charge is 0.417 e. The number of alkyl halides is 3. The second-order valence-electron chi connectivity index (χ2n) is 12.2. The second kappa shape index (κ2) is 12.0. The van der Waals surface area contributed by atoms with Crippen LogP contribution in [0.1, 0.15) is 86.8 Å². The number of hydrogen-bond acceptors (Lipinski definition) is 10. The summed E-state index contributed by atoms with van der Waals surface area (Å²) in [4.78, 5) is 60.5. The van der Waals surface area contributed by atoms with Crippen molar-refractivity contribution in [2.45, 2.75) is 84.0 Å². The van der Waals surface area contributed by atoms with E-state index in [9.17, 15) is 32.3 Å². The van der Waals surface area contributed by atoms with Gasteiger partial charge in [-0.1, -0.05) is 34.6 Å². The Kier molecular flexibility index (Phi) is 8.90. The molecule has 1 fully saturated rings. The van der Waals surface area contributed by atoms with E-state index >= 15 is 0 Å². The maximum Gasteiger partial charge on any atom is 0.417 e.